The zero-order valence-electron chi connectivity index (χ0n) is 25.7. The summed E-state index contributed by atoms with van der Waals surface area (Å²) in [5.74, 6) is -13.2. The number of hydrogen-bond acceptors (Lipinski definition) is 7. The molecular weight excluding hydrogens is 618 g/mol. The number of carboxylic acids is 1. The largest absolute Gasteiger partial charge is 0.485 e. The summed E-state index contributed by atoms with van der Waals surface area (Å²) in [6.45, 7) is 6.84. The molecule has 2 unspecified atom stereocenters. The maximum atomic E-state index is 14.0. The fourth-order valence-corrected chi connectivity index (χ4v) is 4.53. The van der Waals surface area contributed by atoms with Gasteiger partial charge in [0.05, 0.1) is 12.5 Å². The van der Waals surface area contributed by atoms with E-state index in [2.05, 4.69) is 10.6 Å². The van der Waals surface area contributed by atoms with E-state index in [9.17, 15) is 47.0 Å². The van der Waals surface area contributed by atoms with Crippen molar-refractivity contribution in [3.05, 3.63) is 65.4 Å². The number of halogens is 4. The van der Waals surface area contributed by atoms with Crippen molar-refractivity contribution in [2.45, 2.75) is 71.4 Å². The molecule has 2 aromatic carbocycles. The third-order valence-corrected chi connectivity index (χ3v) is 6.64. The Morgan fingerprint density at radius 1 is 0.957 bits per heavy atom. The predicted molar refractivity (Wildman–Crippen MR) is 156 cm³/mol. The fraction of sp³-hybridized carbons (Fsp3) is 0.419. The van der Waals surface area contributed by atoms with Crippen LogP contribution in [0.2, 0.25) is 0 Å². The highest BCUT2D eigenvalue weighted by atomic mass is 19.2. The molecule has 0 aliphatic rings. The molecule has 46 heavy (non-hydrogen) atoms. The van der Waals surface area contributed by atoms with Crippen molar-refractivity contribution in [2.24, 2.45) is 5.92 Å². The van der Waals surface area contributed by atoms with Crippen LogP contribution in [0.5, 0.6) is 5.75 Å². The van der Waals surface area contributed by atoms with Gasteiger partial charge in [0.15, 0.2) is 17.4 Å². The van der Waals surface area contributed by atoms with Gasteiger partial charge >= 0.3 is 11.9 Å². The number of carbonyl (C=O) groups excluding carboxylic acids is 3. The molecule has 0 aliphatic heterocycles. The Kier molecular flexibility index (Phi) is 11.4. The fourth-order valence-electron chi connectivity index (χ4n) is 4.53. The van der Waals surface area contributed by atoms with Gasteiger partial charge in [-0.05, 0) is 38.8 Å². The molecule has 3 aromatic rings. The van der Waals surface area contributed by atoms with Gasteiger partial charge in [-0.3, -0.25) is 19.2 Å². The van der Waals surface area contributed by atoms with E-state index >= 15 is 0 Å². The molecule has 0 fully saturated rings. The molecule has 250 valence electrons. The van der Waals surface area contributed by atoms with Crippen LogP contribution in [0.4, 0.5) is 17.6 Å². The number of aliphatic hydroxyl groups is 1. The minimum atomic E-state index is -1.94. The standard InChI is InChI=1S/C31H35F4N3O8/c1-15(2)27(37-29(43)21-10-16-8-6-7-9-20(16)38(21)13-24(42)46-31(3,4)5)30(44)36-19(12-23(40)41)22(39)14-45-28-25(34)17(32)11-18(33)26(28)35/h6-11,15,19,22,27,39H,12-14H2,1-5H3,(H,36,44)(H,37,43)(H,40,41)/t19?,22?,27-/m0/s1. The first-order valence-corrected chi connectivity index (χ1v) is 14.2. The number of carbonyl (C=O) groups is 4. The van der Waals surface area contributed by atoms with Crippen LogP contribution >= 0.6 is 0 Å². The molecule has 0 spiro atoms. The third kappa shape index (κ3) is 8.96. The summed E-state index contributed by atoms with van der Waals surface area (Å²) < 4.78 is 66.6. The first-order chi connectivity index (χ1) is 21.4. The summed E-state index contributed by atoms with van der Waals surface area (Å²) in [4.78, 5) is 51.0. The zero-order valence-corrected chi connectivity index (χ0v) is 25.7. The monoisotopic (exact) mass is 653 g/mol. The molecule has 0 radical (unpaired) electrons. The predicted octanol–water partition coefficient (Wildman–Crippen LogP) is 3.69. The van der Waals surface area contributed by atoms with Crippen LogP contribution in [0.3, 0.4) is 0 Å². The smallest absolute Gasteiger partial charge is 0.326 e. The van der Waals surface area contributed by atoms with Crippen molar-refractivity contribution in [3.63, 3.8) is 0 Å². The SMILES string of the molecule is CC(C)[C@H](NC(=O)c1cc2ccccc2n1CC(=O)OC(C)(C)C)C(=O)NC(CC(=O)O)C(O)COc1c(F)c(F)cc(F)c1F. The Labute approximate surface area is 261 Å². The lowest BCUT2D eigenvalue weighted by Gasteiger charge is -2.28. The summed E-state index contributed by atoms with van der Waals surface area (Å²) in [6, 6.07) is 5.40. The number of aliphatic carboxylic acids is 1. The molecule has 0 bridgehead atoms. The Morgan fingerprint density at radius 2 is 1.57 bits per heavy atom. The topological polar surface area (TPSA) is 156 Å². The van der Waals surface area contributed by atoms with Crippen LogP contribution < -0.4 is 15.4 Å². The van der Waals surface area contributed by atoms with Gasteiger partial charge in [0.25, 0.3) is 5.91 Å². The first-order valence-electron chi connectivity index (χ1n) is 14.2. The number of nitrogens with zero attached hydrogens (tertiary/aromatic N) is 1. The summed E-state index contributed by atoms with van der Waals surface area (Å²) in [5, 5.41) is 25.4. The van der Waals surface area contributed by atoms with E-state index in [1.54, 1.807) is 58.9 Å². The molecule has 1 aromatic heterocycles. The van der Waals surface area contributed by atoms with Crippen LogP contribution in [0.15, 0.2) is 36.4 Å². The summed E-state index contributed by atoms with van der Waals surface area (Å²) >= 11 is 0. The lowest BCUT2D eigenvalue weighted by Crippen LogP contribution is -2.55. The Balaban J connectivity index is 1.82. The number of hydrogen-bond donors (Lipinski definition) is 4. The van der Waals surface area contributed by atoms with Crippen molar-refractivity contribution in [1.29, 1.82) is 0 Å². The molecule has 3 atom stereocenters. The number of nitrogens with one attached hydrogen (secondary N) is 2. The average molecular weight is 654 g/mol. The maximum Gasteiger partial charge on any atom is 0.326 e. The van der Waals surface area contributed by atoms with Gasteiger partial charge in [0, 0.05) is 17.0 Å². The molecule has 3 rings (SSSR count). The van der Waals surface area contributed by atoms with Crippen molar-refractivity contribution in [2.75, 3.05) is 6.61 Å². The second kappa shape index (κ2) is 14.6. The van der Waals surface area contributed by atoms with Gasteiger partial charge in [-0.2, -0.15) is 8.78 Å². The van der Waals surface area contributed by atoms with Gasteiger partial charge in [0.2, 0.25) is 17.5 Å². The highest BCUT2D eigenvalue weighted by Crippen LogP contribution is 2.27. The van der Waals surface area contributed by atoms with Crippen molar-refractivity contribution >= 4 is 34.7 Å². The number of benzene rings is 2. The second-order valence-corrected chi connectivity index (χ2v) is 11.8. The van der Waals surface area contributed by atoms with Crippen LogP contribution in [0, 0.1) is 29.2 Å². The molecule has 0 saturated carbocycles. The Hall–Kier alpha value is -4.66. The van der Waals surface area contributed by atoms with Crippen LogP contribution in [0.1, 0.15) is 51.5 Å². The third-order valence-electron chi connectivity index (χ3n) is 6.64. The zero-order chi connectivity index (χ0) is 34.5. The van der Waals surface area contributed by atoms with E-state index in [1.807, 2.05) is 0 Å². The normalized spacial score (nSPS) is 13.6. The van der Waals surface area contributed by atoms with Gasteiger partial charge in [-0.1, -0.05) is 32.0 Å². The summed E-state index contributed by atoms with van der Waals surface area (Å²) in [7, 11) is 0. The highest BCUT2D eigenvalue weighted by molar-refractivity contribution is 6.01. The van der Waals surface area contributed by atoms with E-state index in [0.29, 0.717) is 10.9 Å². The number of esters is 1. The molecule has 4 N–H and O–H groups in total. The Bertz CT molecular complexity index is 1590. The van der Waals surface area contributed by atoms with Gasteiger partial charge < -0.3 is 34.9 Å². The number of aliphatic hydroxyl groups excluding tert-OH is 1. The number of aromatic nitrogens is 1. The minimum absolute atomic E-state index is 0.0207. The summed E-state index contributed by atoms with van der Waals surface area (Å²) in [6.07, 6.45) is -2.84. The van der Waals surface area contributed by atoms with Crippen LogP contribution in [0.25, 0.3) is 10.9 Å². The average Bonchev–Trinajstić information content (AvgIpc) is 3.30. The van der Waals surface area contributed by atoms with Gasteiger partial charge in [-0.25, -0.2) is 8.78 Å². The van der Waals surface area contributed by atoms with Gasteiger partial charge in [0.1, 0.15) is 36.6 Å². The van der Waals surface area contributed by atoms with Crippen molar-refractivity contribution in [1.82, 2.24) is 15.2 Å². The van der Waals surface area contributed by atoms with Crippen LogP contribution in [-0.4, -0.2) is 68.9 Å². The van der Waals surface area contributed by atoms with E-state index in [0.717, 1.165) is 0 Å². The first kappa shape index (κ1) is 35.8. The molecule has 0 saturated heterocycles. The highest BCUT2D eigenvalue weighted by Gasteiger charge is 2.32. The lowest BCUT2D eigenvalue weighted by molar-refractivity contribution is -0.155. The molecule has 0 aliphatic carbocycles. The van der Waals surface area contributed by atoms with Crippen LogP contribution in [-0.2, 0) is 25.7 Å². The summed E-state index contributed by atoms with van der Waals surface area (Å²) in [5.41, 5.74) is -0.228. The Morgan fingerprint density at radius 3 is 2.13 bits per heavy atom. The molecule has 1 heterocycles. The minimum Gasteiger partial charge on any atom is -0.485 e. The molecule has 11 nitrogen and oxygen atoms in total. The number of amides is 2. The number of ether oxygens (including phenoxy) is 2. The molecular formula is C31H35F4N3O8. The number of fused-ring (bicyclic) bond motifs is 1. The number of carboxylic acid groups (broad SMARTS) is 1. The van der Waals surface area contributed by atoms with E-state index in [1.165, 1.54) is 10.6 Å². The van der Waals surface area contributed by atoms with E-state index in [4.69, 9.17) is 9.47 Å². The van der Waals surface area contributed by atoms with Gasteiger partial charge in [-0.15, -0.1) is 0 Å². The molecule has 2 amide bonds. The lowest BCUT2D eigenvalue weighted by atomic mass is 10.0. The van der Waals surface area contributed by atoms with E-state index < -0.39 is 95.5 Å². The van der Waals surface area contributed by atoms with Crippen molar-refractivity contribution in [3.8, 4) is 5.75 Å². The maximum absolute atomic E-state index is 14.0. The number of para-hydroxylation sites is 1. The molecule has 15 heteroatoms. The quantitative estimate of drug-likeness (QED) is 0.124. The second-order valence-electron chi connectivity index (χ2n) is 11.8. The van der Waals surface area contributed by atoms with E-state index in [-0.39, 0.29) is 18.3 Å². The number of rotatable bonds is 13. The van der Waals surface area contributed by atoms with Crippen molar-refractivity contribution < 1.29 is 56.4 Å².